The number of amides is 1. The Bertz CT molecular complexity index is 1230. The Morgan fingerprint density at radius 3 is 2.72 bits per heavy atom. The number of hydrogen-bond acceptors (Lipinski definition) is 5. The maximum absolute atomic E-state index is 11.4. The number of fused-ring (bicyclic) bond motifs is 1. The zero-order valence-corrected chi connectivity index (χ0v) is 16.4. The van der Waals surface area contributed by atoms with E-state index in [1.54, 1.807) is 10.6 Å². The van der Waals surface area contributed by atoms with Crippen LogP contribution in [0.15, 0.2) is 48.9 Å². The van der Waals surface area contributed by atoms with Gasteiger partial charge in [0.2, 0.25) is 5.91 Å². The molecule has 4 aromatic heterocycles. The topological polar surface area (TPSA) is 104 Å². The molecule has 0 aliphatic heterocycles. The van der Waals surface area contributed by atoms with Crippen molar-refractivity contribution in [3.8, 4) is 22.5 Å². The largest absolute Gasteiger partial charge is 0.366 e. The van der Waals surface area contributed by atoms with Crippen LogP contribution in [-0.2, 0) is 4.79 Å². The molecule has 4 heterocycles. The van der Waals surface area contributed by atoms with Crippen molar-refractivity contribution in [2.45, 2.75) is 26.8 Å². The van der Waals surface area contributed by atoms with E-state index in [1.807, 2.05) is 48.1 Å². The van der Waals surface area contributed by atoms with Crippen molar-refractivity contribution >= 4 is 17.6 Å². The van der Waals surface area contributed by atoms with E-state index in [4.69, 9.17) is 10.8 Å². The van der Waals surface area contributed by atoms with Crippen LogP contribution in [0, 0.1) is 6.92 Å². The van der Waals surface area contributed by atoms with Crippen LogP contribution in [0.3, 0.4) is 0 Å². The van der Waals surface area contributed by atoms with Gasteiger partial charge in [0.25, 0.3) is 0 Å². The highest BCUT2D eigenvalue weighted by Crippen LogP contribution is 2.34. The number of nitrogens with zero attached hydrogens (tertiary/aromatic N) is 6. The molecule has 0 atom stereocenters. The van der Waals surface area contributed by atoms with Gasteiger partial charge in [0.15, 0.2) is 5.65 Å². The van der Waals surface area contributed by atoms with Crippen molar-refractivity contribution < 1.29 is 4.79 Å². The Morgan fingerprint density at radius 2 is 2.00 bits per heavy atom. The minimum Gasteiger partial charge on any atom is -0.366 e. The Morgan fingerprint density at radius 1 is 1.17 bits per heavy atom. The molecule has 0 spiro atoms. The van der Waals surface area contributed by atoms with E-state index < -0.39 is 5.91 Å². The van der Waals surface area contributed by atoms with E-state index in [0.717, 1.165) is 28.2 Å². The number of aromatic nitrogens is 6. The predicted molar refractivity (Wildman–Crippen MR) is 111 cm³/mol. The summed E-state index contributed by atoms with van der Waals surface area (Å²) in [5.74, 6) is -0.536. The molecule has 0 fully saturated rings. The molecule has 0 aliphatic rings. The zero-order chi connectivity index (χ0) is 20.5. The summed E-state index contributed by atoms with van der Waals surface area (Å²) < 4.78 is 3.58. The SMILES string of the molecule is Cc1cccc(-c2nn(C(C)C)cc2-c2ccc3ncnn3c2/C=C/C(N)=O)n1. The minimum atomic E-state index is -0.536. The molecule has 0 unspecified atom stereocenters. The van der Waals surface area contributed by atoms with E-state index in [-0.39, 0.29) is 6.04 Å². The lowest BCUT2D eigenvalue weighted by atomic mass is 10.0. The maximum atomic E-state index is 11.4. The predicted octanol–water partition coefficient (Wildman–Crippen LogP) is 3.04. The van der Waals surface area contributed by atoms with Crippen molar-refractivity contribution in [2.75, 3.05) is 0 Å². The van der Waals surface area contributed by atoms with E-state index in [0.29, 0.717) is 11.3 Å². The molecule has 0 aliphatic carbocycles. The summed E-state index contributed by atoms with van der Waals surface area (Å²) in [7, 11) is 0. The van der Waals surface area contributed by atoms with Gasteiger partial charge in [-0.05, 0) is 51.1 Å². The fraction of sp³-hybridized carbons (Fsp3) is 0.190. The van der Waals surface area contributed by atoms with E-state index in [1.165, 1.54) is 12.4 Å². The highest BCUT2D eigenvalue weighted by atomic mass is 16.1. The number of hydrogen-bond donors (Lipinski definition) is 1. The average Bonchev–Trinajstić information content (AvgIpc) is 3.33. The molecule has 4 aromatic rings. The van der Waals surface area contributed by atoms with Gasteiger partial charge in [-0.3, -0.25) is 14.5 Å². The van der Waals surface area contributed by atoms with Crippen LogP contribution in [0.4, 0.5) is 0 Å². The summed E-state index contributed by atoms with van der Waals surface area (Å²) in [6, 6.07) is 9.86. The fourth-order valence-corrected chi connectivity index (χ4v) is 3.17. The molecular formula is C21H21N7O. The quantitative estimate of drug-likeness (QED) is 0.530. The van der Waals surface area contributed by atoms with Gasteiger partial charge in [-0.1, -0.05) is 6.07 Å². The standard InChI is InChI=1S/C21H21N7O/c1-13(2)27-11-16(21(26-27)17-6-4-5-14(3)25-17)15-7-10-20-23-12-24-28(20)18(15)8-9-19(22)29/h4-13H,1-3H3,(H2,22,29)/b9-8+. The third-order valence-electron chi connectivity index (χ3n) is 4.56. The summed E-state index contributed by atoms with van der Waals surface area (Å²) in [5, 5.41) is 9.10. The first-order chi connectivity index (χ1) is 13.9. The van der Waals surface area contributed by atoms with Crippen LogP contribution in [0.25, 0.3) is 34.2 Å². The number of pyridine rings is 2. The Hall–Kier alpha value is -3.81. The van der Waals surface area contributed by atoms with Gasteiger partial charge in [0.05, 0.1) is 11.4 Å². The second-order valence-corrected chi connectivity index (χ2v) is 7.03. The molecule has 8 nitrogen and oxygen atoms in total. The van der Waals surface area contributed by atoms with Crippen molar-refractivity contribution in [1.29, 1.82) is 0 Å². The number of carbonyl (C=O) groups excluding carboxylic acids is 1. The summed E-state index contributed by atoms with van der Waals surface area (Å²) in [4.78, 5) is 20.3. The molecule has 8 heteroatoms. The van der Waals surface area contributed by atoms with E-state index in [9.17, 15) is 4.79 Å². The lowest BCUT2D eigenvalue weighted by Crippen LogP contribution is -2.06. The molecule has 4 rings (SSSR count). The molecule has 29 heavy (non-hydrogen) atoms. The van der Waals surface area contributed by atoms with Crippen LogP contribution >= 0.6 is 0 Å². The van der Waals surface area contributed by atoms with Gasteiger partial charge in [-0.15, -0.1) is 0 Å². The summed E-state index contributed by atoms with van der Waals surface area (Å²) >= 11 is 0. The van der Waals surface area contributed by atoms with E-state index in [2.05, 4.69) is 28.9 Å². The molecule has 0 bridgehead atoms. The van der Waals surface area contributed by atoms with Gasteiger partial charge in [0.1, 0.15) is 12.0 Å². The van der Waals surface area contributed by atoms with Crippen LogP contribution in [-0.4, -0.2) is 35.3 Å². The first-order valence-electron chi connectivity index (χ1n) is 9.28. The maximum Gasteiger partial charge on any atom is 0.241 e. The Labute approximate surface area is 167 Å². The second kappa shape index (κ2) is 7.31. The molecule has 0 saturated heterocycles. The van der Waals surface area contributed by atoms with Crippen molar-refractivity contribution in [3.63, 3.8) is 0 Å². The number of rotatable bonds is 5. The second-order valence-electron chi connectivity index (χ2n) is 7.03. The average molecular weight is 387 g/mol. The Balaban J connectivity index is 2.00. The number of nitrogens with two attached hydrogens (primary N) is 1. The van der Waals surface area contributed by atoms with Gasteiger partial charge >= 0.3 is 0 Å². The van der Waals surface area contributed by atoms with Crippen LogP contribution in [0.2, 0.25) is 0 Å². The highest BCUT2D eigenvalue weighted by molar-refractivity contribution is 5.92. The lowest BCUT2D eigenvalue weighted by Gasteiger charge is -2.08. The number of aryl methyl sites for hydroxylation is 1. The van der Waals surface area contributed by atoms with Gasteiger partial charge in [0, 0.05) is 35.1 Å². The first kappa shape index (κ1) is 18.5. The van der Waals surface area contributed by atoms with Crippen molar-refractivity contribution in [2.24, 2.45) is 5.73 Å². The van der Waals surface area contributed by atoms with Gasteiger partial charge in [-0.25, -0.2) is 9.50 Å². The molecular weight excluding hydrogens is 366 g/mol. The van der Waals surface area contributed by atoms with Crippen LogP contribution in [0.1, 0.15) is 31.3 Å². The van der Waals surface area contributed by atoms with Crippen molar-refractivity contribution in [3.05, 3.63) is 60.3 Å². The zero-order valence-electron chi connectivity index (χ0n) is 16.4. The summed E-state index contributed by atoms with van der Waals surface area (Å²) in [5.41, 5.74) is 10.9. The van der Waals surface area contributed by atoms with Crippen LogP contribution < -0.4 is 5.73 Å². The monoisotopic (exact) mass is 387 g/mol. The first-order valence-corrected chi connectivity index (χ1v) is 9.28. The smallest absolute Gasteiger partial charge is 0.241 e. The molecule has 2 N–H and O–H groups in total. The Kier molecular flexibility index (Phi) is 4.67. The normalized spacial score (nSPS) is 11.7. The van der Waals surface area contributed by atoms with E-state index >= 15 is 0 Å². The van der Waals surface area contributed by atoms with Gasteiger partial charge < -0.3 is 5.73 Å². The fourth-order valence-electron chi connectivity index (χ4n) is 3.17. The van der Waals surface area contributed by atoms with Crippen molar-refractivity contribution in [1.82, 2.24) is 29.4 Å². The molecule has 0 saturated carbocycles. The molecule has 0 radical (unpaired) electrons. The lowest BCUT2D eigenvalue weighted by molar-refractivity contribution is -0.113. The summed E-state index contributed by atoms with van der Waals surface area (Å²) in [6.45, 7) is 6.09. The number of carbonyl (C=O) groups is 1. The molecule has 1 amide bonds. The van der Waals surface area contributed by atoms with Gasteiger partial charge in [-0.2, -0.15) is 10.2 Å². The molecule has 0 aromatic carbocycles. The third-order valence-corrected chi connectivity index (χ3v) is 4.56. The third kappa shape index (κ3) is 3.52. The summed E-state index contributed by atoms with van der Waals surface area (Å²) in [6.07, 6.45) is 6.43. The number of primary amides is 1. The minimum absolute atomic E-state index is 0.173. The van der Waals surface area contributed by atoms with Crippen LogP contribution in [0.5, 0.6) is 0 Å². The molecule has 146 valence electrons. The highest BCUT2D eigenvalue weighted by Gasteiger charge is 2.19.